The lowest BCUT2D eigenvalue weighted by molar-refractivity contribution is 0.102. The Kier molecular flexibility index (Phi) is 5.61. The standard InChI is InChI=1S/C25H23N3O2/c1-18-12-14-20(15-13-18)24-21(17-28(27-24)16-19-8-4-3-5-9-19)25(29)26-22-10-6-7-11-23(22)30-2/h3-15,17H,16H2,1-2H3,(H,26,29). The molecule has 1 N–H and O–H groups in total. The highest BCUT2D eigenvalue weighted by atomic mass is 16.5. The molecule has 150 valence electrons. The first-order valence-electron chi connectivity index (χ1n) is 9.77. The number of aryl methyl sites for hydroxylation is 1. The lowest BCUT2D eigenvalue weighted by Gasteiger charge is -2.09. The van der Waals surface area contributed by atoms with Crippen molar-refractivity contribution in [3.63, 3.8) is 0 Å². The van der Waals surface area contributed by atoms with E-state index in [9.17, 15) is 4.79 Å². The van der Waals surface area contributed by atoms with E-state index in [2.05, 4.69) is 5.32 Å². The van der Waals surface area contributed by atoms with Gasteiger partial charge in [0.05, 0.1) is 24.9 Å². The van der Waals surface area contributed by atoms with Crippen LogP contribution in [-0.4, -0.2) is 22.8 Å². The summed E-state index contributed by atoms with van der Waals surface area (Å²) in [5.41, 5.74) is 4.96. The molecule has 30 heavy (non-hydrogen) atoms. The molecule has 5 heteroatoms. The number of nitrogens with one attached hydrogen (secondary N) is 1. The average molecular weight is 397 g/mol. The van der Waals surface area contributed by atoms with Crippen molar-refractivity contribution in [3.05, 3.63) is 102 Å². The van der Waals surface area contributed by atoms with E-state index in [-0.39, 0.29) is 5.91 Å². The molecule has 0 unspecified atom stereocenters. The van der Waals surface area contributed by atoms with Gasteiger partial charge in [-0.2, -0.15) is 5.10 Å². The van der Waals surface area contributed by atoms with Crippen LogP contribution in [0.1, 0.15) is 21.5 Å². The third-order valence-corrected chi connectivity index (χ3v) is 4.87. The summed E-state index contributed by atoms with van der Waals surface area (Å²) in [6, 6.07) is 25.4. The molecule has 4 rings (SSSR count). The van der Waals surface area contributed by atoms with Gasteiger partial charge in [-0.25, -0.2) is 0 Å². The van der Waals surface area contributed by atoms with Gasteiger partial charge in [-0.05, 0) is 24.6 Å². The number of hydrogen-bond donors (Lipinski definition) is 1. The van der Waals surface area contributed by atoms with Crippen LogP contribution in [0, 0.1) is 6.92 Å². The summed E-state index contributed by atoms with van der Waals surface area (Å²) in [5, 5.41) is 7.69. The number of anilines is 1. The number of hydrogen-bond acceptors (Lipinski definition) is 3. The largest absolute Gasteiger partial charge is 0.495 e. The molecule has 0 atom stereocenters. The van der Waals surface area contributed by atoms with Crippen LogP contribution in [0.3, 0.4) is 0 Å². The van der Waals surface area contributed by atoms with Gasteiger partial charge in [0, 0.05) is 11.8 Å². The quantitative estimate of drug-likeness (QED) is 0.488. The van der Waals surface area contributed by atoms with Crippen LogP contribution in [0.25, 0.3) is 11.3 Å². The number of carbonyl (C=O) groups is 1. The van der Waals surface area contributed by atoms with E-state index in [1.165, 1.54) is 0 Å². The first-order valence-corrected chi connectivity index (χ1v) is 9.77. The van der Waals surface area contributed by atoms with Crippen LogP contribution in [0.4, 0.5) is 5.69 Å². The molecular formula is C25H23N3O2. The molecule has 0 saturated carbocycles. The summed E-state index contributed by atoms with van der Waals surface area (Å²) in [7, 11) is 1.58. The first kappa shape index (κ1) is 19.5. The zero-order valence-corrected chi connectivity index (χ0v) is 17.0. The van der Waals surface area contributed by atoms with Crippen molar-refractivity contribution in [2.24, 2.45) is 0 Å². The third kappa shape index (κ3) is 4.25. The Labute approximate surface area is 175 Å². The minimum atomic E-state index is -0.227. The van der Waals surface area contributed by atoms with Gasteiger partial charge in [-0.1, -0.05) is 72.3 Å². The Morgan fingerprint density at radius 1 is 0.967 bits per heavy atom. The van der Waals surface area contributed by atoms with E-state index in [0.717, 1.165) is 16.7 Å². The van der Waals surface area contributed by atoms with E-state index in [1.54, 1.807) is 13.3 Å². The molecule has 0 radical (unpaired) electrons. The number of aromatic nitrogens is 2. The first-order chi connectivity index (χ1) is 14.6. The molecule has 0 aliphatic carbocycles. The summed E-state index contributed by atoms with van der Waals surface area (Å²) >= 11 is 0. The van der Waals surface area contributed by atoms with Crippen molar-refractivity contribution in [2.75, 3.05) is 12.4 Å². The van der Waals surface area contributed by atoms with E-state index in [4.69, 9.17) is 9.84 Å². The maximum Gasteiger partial charge on any atom is 0.259 e. The fraction of sp³-hybridized carbons (Fsp3) is 0.120. The molecule has 0 saturated heterocycles. The van der Waals surface area contributed by atoms with Gasteiger partial charge >= 0.3 is 0 Å². The number of carbonyl (C=O) groups excluding carboxylic acids is 1. The van der Waals surface area contributed by atoms with Crippen LogP contribution in [0.5, 0.6) is 5.75 Å². The summed E-state index contributed by atoms with van der Waals surface area (Å²) < 4.78 is 7.17. The number of benzene rings is 3. The summed E-state index contributed by atoms with van der Waals surface area (Å²) in [6.07, 6.45) is 1.80. The zero-order valence-electron chi connectivity index (χ0n) is 17.0. The van der Waals surface area contributed by atoms with Gasteiger partial charge in [-0.15, -0.1) is 0 Å². The minimum Gasteiger partial charge on any atom is -0.495 e. The Morgan fingerprint density at radius 2 is 1.67 bits per heavy atom. The predicted molar refractivity (Wildman–Crippen MR) is 119 cm³/mol. The number of rotatable bonds is 6. The summed E-state index contributed by atoms with van der Waals surface area (Å²) in [6.45, 7) is 2.62. The van der Waals surface area contributed by atoms with Crippen LogP contribution in [-0.2, 0) is 6.54 Å². The number of amides is 1. The lowest BCUT2D eigenvalue weighted by atomic mass is 10.1. The van der Waals surface area contributed by atoms with Crippen LogP contribution >= 0.6 is 0 Å². The van der Waals surface area contributed by atoms with Gasteiger partial charge in [0.1, 0.15) is 11.4 Å². The second-order valence-electron chi connectivity index (χ2n) is 7.09. The van der Waals surface area contributed by atoms with Crippen molar-refractivity contribution in [1.82, 2.24) is 9.78 Å². The Bertz CT molecular complexity index is 1150. The number of ether oxygens (including phenoxy) is 1. The molecule has 0 aliphatic heterocycles. The Hall–Kier alpha value is -3.86. The van der Waals surface area contributed by atoms with E-state index in [1.807, 2.05) is 90.5 Å². The topological polar surface area (TPSA) is 56.1 Å². The van der Waals surface area contributed by atoms with Gasteiger partial charge < -0.3 is 10.1 Å². The average Bonchev–Trinajstić information content (AvgIpc) is 3.19. The summed E-state index contributed by atoms with van der Waals surface area (Å²) in [4.78, 5) is 13.2. The molecule has 1 heterocycles. The highest BCUT2D eigenvalue weighted by Crippen LogP contribution is 2.27. The van der Waals surface area contributed by atoms with E-state index >= 15 is 0 Å². The zero-order chi connectivity index (χ0) is 20.9. The number of nitrogens with zero attached hydrogens (tertiary/aromatic N) is 2. The lowest BCUT2D eigenvalue weighted by Crippen LogP contribution is -2.13. The minimum absolute atomic E-state index is 0.227. The second-order valence-corrected chi connectivity index (χ2v) is 7.09. The molecule has 1 amide bonds. The molecular weight excluding hydrogens is 374 g/mol. The normalized spacial score (nSPS) is 10.6. The molecule has 0 spiro atoms. The SMILES string of the molecule is COc1ccccc1NC(=O)c1cn(Cc2ccccc2)nc1-c1ccc(C)cc1. The monoisotopic (exact) mass is 397 g/mol. The van der Waals surface area contributed by atoms with Crippen molar-refractivity contribution < 1.29 is 9.53 Å². The van der Waals surface area contributed by atoms with Crippen molar-refractivity contribution in [3.8, 4) is 17.0 Å². The highest BCUT2D eigenvalue weighted by molar-refractivity contribution is 6.08. The molecule has 0 aliphatic rings. The molecule has 0 fully saturated rings. The molecule has 4 aromatic rings. The second kappa shape index (κ2) is 8.66. The van der Waals surface area contributed by atoms with Crippen LogP contribution < -0.4 is 10.1 Å². The molecule has 3 aromatic carbocycles. The van der Waals surface area contributed by atoms with E-state index in [0.29, 0.717) is 29.2 Å². The van der Waals surface area contributed by atoms with Gasteiger partial charge in [0.2, 0.25) is 0 Å². The van der Waals surface area contributed by atoms with Gasteiger partial charge in [0.15, 0.2) is 0 Å². The maximum atomic E-state index is 13.2. The maximum absolute atomic E-state index is 13.2. The highest BCUT2D eigenvalue weighted by Gasteiger charge is 2.19. The van der Waals surface area contributed by atoms with Crippen LogP contribution in [0.15, 0.2) is 85.1 Å². The van der Waals surface area contributed by atoms with Gasteiger partial charge in [-0.3, -0.25) is 9.48 Å². The smallest absolute Gasteiger partial charge is 0.259 e. The fourth-order valence-electron chi connectivity index (χ4n) is 3.30. The predicted octanol–water partition coefficient (Wildman–Crippen LogP) is 5.17. The van der Waals surface area contributed by atoms with Crippen molar-refractivity contribution in [2.45, 2.75) is 13.5 Å². The number of methoxy groups -OCH3 is 1. The Morgan fingerprint density at radius 3 is 2.40 bits per heavy atom. The van der Waals surface area contributed by atoms with Crippen molar-refractivity contribution >= 4 is 11.6 Å². The molecule has 5 nitrogen and oxygen atoms in total. The third-order valence-electron chi connectivity index (χ3n) is 4.87. The Balaban J connectivity index is 1.70. The summed E-state index contributed by atoms with van der Waals surface area (Å²) in [5.74, 6) is 0.383. The number of para-hydroxylation sites is 2. The van der Waals surface area contributed by atoms with Crippen molar-refractivity contribution in [1.29, 1.82) is 0 Å². The molecule has 1 aromatic heterocycles. The molecule has 0 bridgehead atoms. The van der Waals surface area contributed by atoms with Gasteiger partial charge in [0.25, 0.3) is 5.91 Å². The van der Waals surface area contributed by atoms with E-state index < -0.39 is 0 Å². The van der Waals surface area contributed by atoms with Crippen LogP contribution in [0.2, 0.25) is 0 Å². The fourth-order valence-corrected chi connectivity index (χ4v) is 3.30.